The van der Waals surface area contributed by atoms with Crippen molar-refractivity contribution in [1.29, 1.82) is 5.26 Å². The lowest BCUT2D eigenvalue weighted by molar-refractivity contribution is 0.911. The van der Waals surface area contributed by atoms with E-state index >= 15 is 0 Å². The zero-order valence-electron chi connectivity index (χ0n) is 6.66. The molecule has 0 amide bonds. The topological polar surface area (TPSA) is 23.8 Å². The fourth-order valence-electron chi connectivity index (χ4n) is 0.373. The number of hydrogen-bond acceptors (Lipinski definition) is 4. The van der Waals surface area contributed by atoms with Crippen LogP contribution < -0.4 is 0 Å². The van der Waals surface area contributed by atoms with Crippen LogP contribution in [0.3, 0.4) is 0 Å². The van der Waals surface area contributed by atoms with Crippen LogP contribution >= 0.6 is 35.7 Å². The lowest BCUT2D eigenvalue weighted by atomic mass is 10.4. The predicted molar refractivity (Wildman–Crippen MR) is 58.0 cm³/mol. The summed E-state index contributed by atoms with van der Waals surface area (Å²) in [6.07, 6.45) is 1.12. The van der Waals surface area contributed by atoms with Gasteiger partial charge in [-0.1, -0.05) is 37.8 Å². The van der Waals surface area contributed by atoms with E-state index in [0.29, 0.717) is 11.0 Å². The third-order valence-corrected chi connectivity index (χ3v) is 3.85. The summed E-state index contributed by atoms with van der Waals surface area (Å²) in [5.74, 6) is 0.474. The molecule has 0 aromatic rings. The summed E-state index contributed by atoms with van der Waals surface area (Å²) in [6.45, 7) is 4.28. The molecule has 0 rings (SSSR count). The number of thioether (sulfide) groups is 2. The Morgan fingerprint density at radius 3 is 2.82 bits per heavy atom. The minimum Gasteiger partial charge on any atom is -0.197 e. The van der Waals surface area contributed by atoms with E-state index in [1.165, 1.54) is 11.8 Å². The maximum absolute atomic E-state index is 8.27. The molecular formula is C7H11NS3. The van der Waals surface area contributed by atoms with Crippen molar-refractivity contribution < 1.29 is 0 Å². The molecule has 0 saturated heterocycles. The van der Waals surface area contributed by atoms with Crippen LogP contribution in [0.1, 0.15) is 20.3 Å². The van der Waals surface area contributed by atoms with E-state index in [0.717, 1.165) is 9.95 Å². The van der Waals surface area contributed by atoms with Crippen molar-refractivity contribution in [3.8, 4) is 6.07 Å². The SMILES string of the molecule is CC[C@H](C)SC(=S)SCC#N. The molecule has 0 saturated carbocycles. The number of rotatable bonds is 3. The minimum absolute atomic E-state index is 0.474. The Labute approximate surface area is 81.9 Å². The van der Waals surface area contributed by atoms with Crippen molar-refractivity contribution in [1.82, 2.24) is 0 Å². The molecule has 0 unspecified atom stereocenters. The van der Waals surface area contributed by atoms with Crippen LogP contribution in [-0.2, 0) is 0 Å². The fraction of sp³-hybridized carbons (Fsp3) is 0.714. The van der Waals surface area contributed by atoms with Crippen LogP contribution in [0.5, 0.6) is 0 Å². The van der Waals surface area contributed by atoms with Gasteiger partial charge in [-0.15, -0.1) is 11.8 Å². The zero-order valence-corrected chi connectivity index (χ0v) is 9.11. The van der Waals surface area contributed by atoms with Gasteiger partial charge in [-0.3, -0.25) is 0 Å². The lowest BCUT2D eigenvalue weighted by Gasteiger charge is -2.06. The van der Waals surface area contributed by atoms with Crippen molar-refractivity contribution >= 4 is 39.3 Å². The Balaban J connectivity index is 3.45. The normalized spacial score (nSPS) is 12.1. The Morgan fingerprint density at radius 2 is 2.36 bits per heavy atom. The minimum atomic E-state index is 0.474. The molecule has 0 radical (unpaired) electrons. The first-order valence-corrected chi connectivity index (χ1v) is 5.68. The monoisotopic (exact) mass is 205 g/mol. The van der Waals surface area contributed by atoms with Gasteiger partial charge in [-0.25, -0.2) is 0 Å². The van der Waals surface area contributed by atoms with Crippen LogP contribution in [0, 0.1) is 11.3 Å². The van der Waals surface area contributed by atoms with Crippen molar-refractivity contribution in [3.05, 3.63) is 0 Å². The quantitative estimate of drug-likeness (QED) is 0.661. The average Bonchev–Trinajstić information content (AvgIpc) is 2.00. The van der Waals surface area contributed by atoms with Crippen molar-refractivity contribution in [3.63, 3.8) is 0 Å². The summed E-state index contributed by atoms with van der Waals surface area (Å²) in [4.78, 5) is 0. The van der Waals surface area contributed by atoms with E-state index in [4.69, 9.17) is 17.5 Å². The number of thiocarbonyl (C=S) groups is 1. The molecule has 0 aromatic heterocycles. The smallest absolute Gasteiger partial charge is 0.105 e. The second-order valence-corrected chi connectivity index (χ2v) is 5.65. The second kappa shape index (κ2) is 6.96. The highest BCUT2D eigenvalue weighted by molar-refractivity contribution is 8.47. The highest BCUT2D eigenvalue weighted by Gasteiger charge is 2.03. The summed E-state index contributed by atoms with van der Waals surface area (Å²) in [5, 5.41) is 8.84. The third-order valence-electron chi connectivity index (χ3n) is 1.13. The molecule has 4 heteroatoms. The van der Waals surface area contributed by atoms with Gasteiger partial charge < -0.3 is 0 Å². The van der Waals surface area contributed by atoms with E-state index in [-0.39, 0.29) is 0 Å². The molecule has 11 heavy (non-hydrogen) atoms. The van der Waals surface area contributed by atoms with Gasteiger partial charge in [0.2, 0.25) is 0 Å². The first kappa shape index (κ1) is 11.3. The van der Waals surface area contributed by atoms with E-state index < -0.39 is 0 Å². The summed E-state index contributed by atoms with van der Waals surface area (Å²) >= 11 is 8.17. The molecule has 1 nitrogen and oxygen atoms in total. The van der Waals surface area contributed by atoms with E-state index in [2.05, 4.69) is 19.9 Å². The Morgan fingerprint density at radius 1 is 1.73 bits per heavy atom. The molecule has 62 valence electrons. The van der Waals surface area contributed by atoms with Crippen molar-refractivity contribution in [2.24, 2.45) is 0 Å². The van der Waals surface area contributed by atoms with Crippen LogP contribution in [0.2, 0.25) is 0 Å². The third kappa shape index (κ3) is 6.67. The van der Waals surface area contributed by atoms with Gasteiger partial charge in [0.15, 0.2) is 0 Å². The highest BCUT2D eigenvalue weighted by Crippen LogP contribution is 2.22. The standard InChI is InChI=1S/C7H11NS3/c1-3-6(2)11-7(9)10-5-4-8/h6H,3,5H2,1-2H3/t6-/m0/s1. The summed E-state index contributed by atoms with van der Waals surface area (Å²) < 4.78 is 0.890. The Bertz CT molecular complexity index is 162. The fourth-order valence-corrected chi connectivity index (χ4v) is 2.66. The maximum Gasteiger partial charge on any atom is 0.105 e. The molecule has 1 atom stereocenters. The van der Waals surface area contributed by atoms with Crippen LogP contribution in [0.25, 0.3) is 0 Å². The van der Waals surface area contributed by atoms with Gasteiger partial charge in [0.05, 0.1) is 11.8 Å². The largest absolute Gasteiger partial charge is 0.197 e. The van der Waals surface area contributed by atoms with E-state index in [1.807, 2.05) is 0 Å². The molecule has 0 aliphatic rings. The summed E-state index contributed by atoms with van der Waals surface area (Å²) in [5.41, 5.74) is 0. The van der Waals surface area contributed by atoms with Gasteiger partial charge in [-0.2, -0.15) is 5.26 Å². The number of nitrogens with zero attached hydrogens (tertiary/aromatic N) is 1. The molecule has 0 aromatic carbocycles. The highest BCUT2D eigenvalue weighted by atomic mass is 32.2. The molecule has 0 bridgehead atoms. The van der Waals surface area contributed by atoms with Crippen molar-refractivity contribution in [2.75, 3.05) is 5.75 Å². The molecular weight excluding hydrogens is 194 g/mol. The number of hydrogen-bond donors (Lipinski definition) is 0. The van der Waals surface area contributed by atoms with Gasteiger partial charge >= 0.3 is 0 Å². The maximum atomic E-state index is 8.27. The van der Waals surface area contributed by atoms with Crippen molar-refractivity contribution in [2.45, 2.75) is 25.5 Å². The second-order valence-electron chi connectivity index (χ2n) is 2.03. The van der Waals surface area contributed by atoms with Gasteiger partial charge in [0.1, 0.15) is 3.53 Å². The zero-order chi connectivity index (χ0) is 8.69. The first-order chi connectivity index (χ1) is 5.20. The molecule has 0 fully saturated rings. The van der Waals surface area contributed by atoms with Crippen LogP contribution in [-0.4, -0.2) is 14.5 Å². The Hall–Kier alpha value is 0.280. The van der Waals surface area contributed by atoms with E-state index in [9.17, 15) is 0 Å². The molecule has 0 heterocycles. The predicted octanol–water partition coefficient (Wildman–Crippen LogP) is 3.06. The van der Waals surface area contributed by atoms with Crippen LogP contribution in [0.15, 0.2) is 0 Å². The molecule has 0 N–H and O–H groups in total. The van der Waals surface area contributed by atoms with Gasteiger partial charge in [0.25, 0.3) is 0 Å². The summed E-state index contributed by atoms with van der Waals surface area (Å²) in [6, 6.07) is 2.05. The summed E-state index contributed by atoms with van der Waals surface area (Å²) in [7, 11) is 0. The van der Waals surface area contributed by atoms with Crippen LogP contribution in [0.4, 0.5) is 0 Å². The van der Waals surface area contributed by atoms with Gasteiger partial charge in [0, 0.05) is 5.25 Å². The average molecular weight is 205 g/mol. The number of nitriles is 1. The first-order valence-electron chi connectivity index (χ1n) is 3.41. The molecule has 0 aliphatic carbocycles. The van der Waals surface area contributed by atoms with E-state index in [1.54, 1.807) is 11.8 Å². The Kier molecular flexibility index (Phi) is 7.13. The molecule has 0 spiro atoms. The lowest BCUT2D eigenvalue weighted by Crippen LogP contribution is -1.96. The molecule has 0 aliphatic heterocycles. The van der Waals surface area contributed by atoms with Gasteiger partial charge in [-0.05, 0) is 6.42 Å².